The van der Waals surface area contributed by atoms with Crippen molar-refractivity contribution in [3.8, 4) is 0 Å². The molecule has 0 spiro atoms. The summed E-state index contributed by atoms with van der Waals surface area (Å²) in [6, 6.07) is 7.58. The molecule has 11 nitrogen and oxygen atoms in total. The summed E-state index contributed by atoms with van der Waals surface area (Å²) in [7, 11) is 3.03. The molecule has 0 aliphatic carbocycles. The predicted octanol–water partition coefficient (Wildman–Crippen LogP) is 4.34. The van der Waals surface area contributed by atoms with Gasteiger partial charge in [0.2, 0.25) is 0 Å². The summed E-state index contributed by atoms with van der Waals surface area (Å²) in [6.45, 7) is 3.08. The Labute approximate surface area is 227 Å². The van der Waals surface area contributed by atoms with Crippen molar-refractivity contribution in [1.82, 2.24) is 20.1 Å². The zero-order valence-corrected chi connectivity index (χ0v) is 22.4. The number of carbonyl (C=O) groups excluding carboxylic acids is 3. The number of carbonyl (C=O) groups is 3. The van der Waals surface area contributed by atoms with Gasteiger partial charge in [0.25, 0.3) is 5.91 Å². The molecule has 38 heavy (non-hydrogen) atoms. The standard InChI is InChI=1S/C24H25Cl2FN6O5/c1-13-7-8-17(16(27)10-13)30-23(35)20-19(25)21(26)33(31-20)14(2)38-24(36)32(4)22-15(6-5-9-29-22)12-37-18(34)11-28-3/h5-10,14,28H,11-12H2,1-4H3,(H,30,35). The highest BCUT2D eigenvalue weighted by Gasteiger charge is 2.27. The van der Waals surface area contributed by atoms with Crippen LogP contribution in [0.1, 0.15) is 34.8 Å². The Balaban J connectivity index is 1.73. The van der Waals surface area contributed by atoms with Crippen LogP contribution in [0.25, 0.3) is 0 Å². The van der Waals surface area contributed by atoms with Crippen molar-refractivity contribution in [3.63, 3.8) is 0 Å². The van der Waals surface area contributed by atoms with Gasteiger partial charge in [-0.05, 0) is 44.7 Å². The molecule has 0 saturated carbocycles. The first-order chi connectivity index (χ1) is 18.0. The highest BCUT2D eigenvalue weighted by Crippen LogP contribution is 2.30. The number of rotatable bonds is 9. The molecule has 0 bridgehead atoms. The van der Waals surface area contributed by atoms with Gasteiger partial charge in [-0.15, -0.1) is 0 Å². The lowest BCUT2D eigenvalue weighted by atomic mass is 10.2. The minimum Gasteiger partial charge on any atom is -0.460 e. The van der Waals surface area contributed by atoms with Crippen molar-refractivity contribution in [2.24, 2.45) is 0 Å². The van der Waals surface area contributed by atoms with Crippen LogP contribution in [0.3, 0.4) is 0 Å². The van der Waals surface area contributed by atoms with Gasteiger partial charge in [-0.3, -0.25) is 14.5 Å². The predicted molar refractivity (Wildman–Crippen MR) is 139 cm³/mol. The number of anilines is 2. The lowest BCUT2D eigenvalue weighted by Gasteiger charge is -2.22. The van der Waals surface area contributed by atoms with Gasteiger partial charge in [-0.25, -0.2) is 18.9 Å². The Morgan fingerprint density at radius 1 is 1.24 bits per heavy atom. The third kappa shape index (κ3) is 6.77. The number of hydrogen-bond acceptors (Lipinski definition) is 8. The van der Waals surface area contributed by atoms with Crippen LogP contribution < -0.4 is 15.5 Å². The number of nitrogens with zero attached hydrogens (tertiary/aromatic N) is 4. The van der Waals surface area contributed by atoms with Crippen molar-refractivity contribution in [2.75, 3.05) is 30.9 Å². The average molecular weight is 567 g/mol. The summed E-state index contributed by atoms with van der Waals surface area (Å²) < 4.78 is 25.8. The molecule has 0 fully saturated rings. The van der Waals surface area contributed by atoms with Crippen LogP contribution in [-0.2, 0) is 20.9 Å². The Kier molecular flexibility index (Phi) is 9.61. The first-order valence-electron chi connectivity index (χ1n) is 11.2. The molecule has 0 aliphatic rings. The van der Waals surface area contributed by atoms with Crippen LogP contribution in [0.5, 0.6) is 0 Å². The number of nitrogens with one attached hydrogen (secondary N) is 2. The largest absolute Gasteiger partial charge is 0.460 e. The van der Waals surface area contributed by atoms with Crippen molar-refractivity contribution < 1.29 is 28.2 Å². The molecule has 3 rings (SSSR count). The highest BCUT2D eigenvalue weighted by atomic mass is 35.5. The average Bonchev–Trinajstić information content (AvgIpc) is 3.18. The molecule has 2 heterocycles. The van der Waals surface area contributed by atoms with E-state index in [9.17, 15) is 18.8 Å². The maximum atomic E-state index is 14.2. The summed E-state index contributed by atoms with van der Waals surface area (Å²) in [4.78, 5) is 42.6. The van der Waals surface area contributed by atoms with E-state index in [0.717, 1.165) is 9.58 Å². The van der Waals surface area contributed by atoms with E-state index in [0.29, 0.717) is 11.1 Å². The minimum absolute atomic E-state index is 0.0259. The second kappa shape index (κ2) is 12.7. The smallest absolute Gasteiger partial charge is 0.417 e. The van der Waals surface area contributed by atoms with E-state index in [-0.39, 0.29) is 40.5 Å². The minimum atomic E-state index is -1.10. The van der Waals surface area contributed by atoms with E-state index in [1.54, 1.807) is 32.2 Å². The van der Waals surface area contributed by atoms with Gasteiger partial charge >= 0.3 is 12.1 Å². The van der Waals surface area contributed by atoms with Crippen molar-refractivity contribution >= 4 is 52.7 Å². The lowest BCUT2D eigenvalue weighted by molar-refractivity contribution is -0.143. The monoisotopic (exact) mass is 566 g/mol. The van der Waals surface area contributed by atoms with Crippen LogP contribution in [0.2, 0.25) is 10.2 Å². The number of likely N-dealkylation sites (N-methyl/N-ethyl adjacent to an activating group) is 1. The van der Waals surface area contributed by atoms with E-state index in [1.807, 2.05) is 0 Å². The van der Waals surface area contributed by atoms with Gasteiger partial charge in [-0.2, -0.15) is 5.10 Å². The molecule has 1 unspecified atom stereocenters. The molecular weight excluding hydrogens is 542 g/mol. The van der Waals surface area contributed by atoms with E-state index in [4.69, 9.17) is 32.7 Å². The molecule has 0 saturated heterocycles. The molecule has 3 aromatic rings. The molecule has 2 aromatic heterocycles. The Morgan fingerprint density at radius 3 is 2.66 bits per heavy atom. The molecule has 1 aromatic carbocycles. The second-order valence-corrected chi connectivity index (χ2v) is 8.79. The van der Waals surface area contributed by atoms with Crippen molar-refractivity contribution in [2.45, 2.75) is 26.7 Å². The van der Waals surface area contributed by atoms with E-state index >= 15 is 0 Å². The van der Waals surface area contributed by atoms with Gasteiger partial charge in [-0.1, -0.05) is 35.3 Å². The summed E-state index contributed by atoms with van der Waals surface area (Å²) in [5.74, 6) is -1.71. The zero-order valence-electron chi connectivity index (χ0n) is 20.9. The number of hydrogen-bond donors (Lipinski definition) is 2. The van der Waals surface area contributed by atoms with Crippen LogP contribution in [0.4, 0.5) is 20.7 Å². The van der Waals surface area contributed by atoms with Gasteiger partial charge < -0.3 is 20.1 Å². The van der Waals surface area contributed by atoms with E-state index in [1.165, 1.54) is 32.3 Å². The van der Waals surface area contributed by atoms with Gasteiger partial charge in [0.15, 0.2) is 17.1 Å². The molecule has 202 valence electrons. The SMILES string of the molecule is CNCC(=O)OCc1cccnc1N(C)C(=O)OC(C)n1nc(C(=O)Nc2ccc(C)cc2F)c(Cl)c1Cl. The van der Waals surface area contributed by atoms with Crippen molar-refractivity contribution in [3.05, 3.63) is 69.3 Å². The molecular formula is C24H25Cl2FN6O5. The van der Waals surface area contributed by atoms with Crippen LogP contribution in [0, 0.1) is 12.7 Å². The number of benzene rings is 1. The highest BCUT2D eigenvalue weighted by molar-refractivity contribution is 6.43. The van der Waals surface area contributed by atoms with Crippen LogP contribution >= 0.6 is 23.2 Å². The van der Waals surface area contributed by atoms with Gasteiger partial charge in [0.05, 0.1) is 12.2 Å². The molecule has 0 aliphatic heterocycles. The first kappa shape index (κ1) is 28.8. The third-order valence-electron chi connectivity index (χ3n) is 5.17. The van der Waals surface area contributed by atoms with E-state index < -0.39 is 30.0 Å². The Bertz CT molecular complexity index is 1350. The number of ether oxygens (including phenoxy) is 2. The van der Waals surface area contributed by atoms with Gasteiger partial charge in [0.1, 0.15) is 23.3 Å². The van der Waals surface area contributed by atoms with Gasteiger partial charge in [0, 0.05) is 18.8 Å². The number of amides is 2. The fourth-order valence-corrected chi connectivity index (χ4v) is 3.72. The molecule has 2 N–H and O–H groups in total. The third-order valence-corrected chi connectivity index (χ3v) is 5.99. The quantitative estimate of drug-likeness (QED) is 0.366. The summed E-state index contributed by atoms with van der Waals surface area (Å²) in [5.41, 5.74) is 0.792. The van der Waals surface area contributed by atoms with E-state index in [2.05, 4.69) is 20.7 Å². The van der Waals surface area contributed by atoms with Crippen LogP contribution in [-0.4, -0.2) is 53.4 Å². The zero-order chi connectivity index (χ0) is 28.0. The molecule has 0 radical (unpaired) electrons. The summed E-state index contributed by atoms with van der Waals surface area (Å²) >= 11 is 12.5. The number of aromatic nitrogens is 3. The maximum Gasteiger partial charge on any atom is 0.417 e. The fraction of sp³-hybridized carbons (Fsp3) is 0.292. The number of halogens is 3. The summed E-state index contributed by atoms with van der Waals surface area (Å²) in [6.07, 6.45) is -0.476. The number of aryl methyl sites for hydroxylation is 1. The number of esters is 1. The Hall–Kier alpha value is -3.74. The normalized spacial score (nSPS) is 11.6. The topological polar surface area (TPSA) is 128 Å². The fourth-order valence-electron chi connectivity index (χ4n) is 3.24. The molecule has 1 atom stereocenters. The van der Waals surface area contributed by atoms with Crippen molar-refractivity contribution in [1.29, 1.82) is 0 Å². The number of pyridine rings is 1. The Morgan fingerprint density at radius 2 is 1.97 bits per heavy atom. The summed E-state index contributed by atoms with van der Waals surface area (Å²) in [5, 5.41) is 8.77. The second-order valence-electron chi connectivity index (χ2n) is 8.05. The first-order valence-corrected chi connectivity index (χ1v) is 12.0. The van der Waals surface area contributed by atoms with Crippen LogP contribution in [0.15, 0.2) is 36.5 Å². The molecule has 14 heteroatoms. The molecule has 2 amide bonds. The lowest BCUT2D eigenvalue weighted by Crippen LogP contribution is -2.31. The maximum absolute atomic E-state index is 14.2.